The van der Waals surface area contributed by atoms with E-state index in [-0.39, 0.29) is 23.5 Å². The highest BCUT2D eigenvalue weighted by molar-refractivity contribution is 8.00. The van der Waals surface area contributed by atoms with Gasteiger partial charge in [0.25, 0.3) is 0 Å². The molecule has 9 nitrogen and oxygen atoms in total. The number of carbonyl (C=O) groups excluding carboxylic acids is 1. The molecule has 1 aromatic carbocycles. The van der Waals surface area contributed by atoms with E-state index in [4.69, 9.17) is 5.73 Å². The summed E-state index contributed by atoms with van der Waals surface area (Å²) in [5, 5.41) is 18.9. The van der Waals surface area contributed by atoms with Crippen molar-refractivity contribution in [3.63, 3.8) is 0 Å². The molecule has 1 aromatic rings. The van der Waals surface area contributed by atoms with Gasteiger partial charge in [0.15, 0.2) is 6.23 Å². The number of nitrogens with one attached hydrogen (secondary N) is 3. The molecule has 2 heterocycles. The summed E-state index contributed by atoms with van der Waals surface area (Å²) in [5.41, 5.74) is 7.73. The lowest BCUT2D eigenvalue weighted by molar-refractivity contribution is -0.284. The van der Waals surface area contributed by atoms with Gasteiger partial charge in [0, 0.05) is 31.2 Å². The quantitative estimate of drug-likeness (QED) is 0.0597. The molecule has 4 unspecified atom stereocenters. The molecule has 0 aliphatic carbocycles. The van der Waals surface area contributed by atoms with E-state index in [1.165, 1.54) is 0 Å². The second kappa shape index (κ2) is 13.5. The molecular weight excluding hydrogens is 440 g/mol. The van der Waals surface area contributed by atoms with Gasteiger partial charge in [-0.3, -0.25) is 20.4 Å². The van der Waals surface area contributed by atoms with Gasteiger partial charge in [0.05, 0.1) is 22.9 Å². The fourth-order valence-electron chi connectivity index (χ4n) is 3.57. The Bertz CT molecular complexity index is 833. The van der Waals surface area contributed by atoms with Gasteiger partial charge in [-0.25, -0.2) is 15.1 Å². The van der Waals surface area contributed by atoms with Crippen molar-refractivity contribution in [1.82, 2.24) is 16.0 Å². The Balaban J connectivity index is 1.41. The fourth-order valence-corrected chi connectivity index (χ4v) is 4.74. The summed E-state index contributed by atoms with van der Waals surface area (Å²) in [4.78, 5) is 25.7. The van der Waals surface area contributed by atoms with Gasteiger partial charge in [-0.15, -0.1) is 11.8 Å². The molecule has 0 spiro atoms. The Morgan fingerprint density at radius 2 is 2.24 bits per heavy atom. The molecular formula is C23H34N6O3S. The molecule has 2 aliphatic heterocycles. The number of hydrogen-bond donors (Lipinski definition) is 5. The topological polar surface area (TPSA) is 133 Å². The van der Waals surface area contributed by atoms with Crippen LogP contribution >= 0.6 is 11.8 Å². The number of amidine groups is 1. The number of hydrogen-bond acceptors (Lipinski definition) is 8. The van der Waals surface area contributed by atoms with Crippen LogP contribution in [0.2, 0.25) is 0 Å². The van der Waals surface area contributed by atoms with Crippen molar-refractivity contribution >= 4 is 35.4 Å². The first kappa shape index (κ1) is 25.4. The molecule has 4 atom stereocenters. The highest BCUT2D eigenvalue weighted by atomic mass is 32.2. The molecule has 2 aliphatic rings. The van der Waals surface area contributed by atoms with Crippen molar-refractivity contribution in [2.75, 3.05) is 12.3 Å². The van der Waals surface area contributed by atoms with Crippen molar-refractivity contribution in [1.29, 1.82) is 0 Å². The van der Waals surface area contributed by atoms with E-state index in [0.717, 1.165) is 37.1 Å². The number of benzene rings is 1. The summed E-state index contributed by atoms with van der Waals surface area (Å²) in [6.07, 6.45) is 9.05. The Kier molecular flexibility index (Phi) is 10.4. The maximum absolute atomic E-state index is 12.4. The van der Waals surface area contributed by atoms with Crippen LogP contribution < -0.4 is 21.7 Å². The van der Waals surface area contributed by atoms with Gasteiger partial charge >= 0.3 is 0 Å². The van der Waals surface area contributed by atoms with Crippen LogP contribution in [-0.4, -0.2) is 59.3 Å². The number of thioether (sulfide) groups is 1. The zero-order valence-corrected chi connectivity index (χ0v) is 19.8. The predicted octanol–water partition coefficient (Wildman–Crippen LogP) is 2.32. The first-order valence-electron chi connectivity index (χ1n) is 11.4. The predicted molar refractivity (Wildman–Crippen MR) is 134 cm³/mol. The molecule has 10 heteroatoms. The zero-order valence-electron chi connectivity index (χ0n) is 18.9. The Morgan fingerprint density at radius 1 is 1.42 bits per heavy atom. The monoisotopic (exact) mass is 474 g/mol. The fraction of sp³-hybridized carbons (Fsp3) is 0.522. The number of carbonyl (C=O) groups is 1. The molecule has 33 heavy (non-hydrogen) atoms. The second-order valence-corrected chi connectivity index (χ2v) is 9.26. The van der Waals surface area contributed by atoms with E-state index in [1.54, 1.807) is 11.8 Å². The number of nitrogens with zero attached hydrogens (tertiary/aromatic N) is 2. The van der Waals surface area contributed by atoms with Crippen molar-refractivity contribution in [3.8, 4) is 0 Å². The minimum atomic E-state index is -0.819. The minimum absolute atomic E-state index is 0.0579. The van der Waals surface area contributed by atoms with Crippen LogP contribution in [0, 0.1) is 0 Å². The third kappa shape index (κ3) is 8.56. The average Bonchev–Trinajstić information content (AvgIpc) is 3.33. The third-order valence-electron chi connectivity index (χ3n) is 5.39. The van der Waals surface area contributed by atoms with Gasteiger partial charge in [-0.2, -0.15) is 0 Å². The van der Waals surface area contributed by atoms with Crippen molar-refractivity contribution < 1.29 is 14.9 Å². The highest BCUT2D eigenvalue weighted by Gasteiger charge is 2.30. The van der Waals surface area contributed by atoms with E-state index in [2.05, 4.69) is 49.9 Å². The normalized spacial score (nSPS) is 23.6. The van der Waals surface area contributed by atoms with Crippen LogP contribution in [0.25, 0.3) is 0 Å². The van der Waals surface area contributed by atoms with Gasteiger partial charge in [-0.1, -0.05) is 25.1 Å². The Hall–Kier alpha value is -2.24. The minimum Gasteiger partial charge on any atom is -0.387 e. The van der Waals surface area contributed by atoms with Crippen molar-refractivity contribution in [3.05, 3.63) is 42.0 Å². The summed E-state index contributed by atoms with van der Waals surface area (Å²) in [6, 6.07) is 7.21. The highest BCUT2D eigenvalue weighted by Crippen LogP contribution is 2.21. The van der Waals surface area contributed by atoms with Crippen LogP contribution in [0.3, 0.4) is 0 Å². The summed E-state index contributed by atoms with van der Waals surface area (Å²) < 4.78 is 0. The summed E-state index contributed by atoms with van der Waals surface area (Å²) in [6.45, 7) is 2.89. The average molecular weight is 475 g/mol. The molecule has 0 aromatic heterocycles. The second-order valence-electron chi connectivity index (χ2n) is 8.02. The maximum atomic E-state index is 12.4. The molecule has 0 bridgehead atoms. The summed E-state index contributed by atoms with van der Waals surface area (Å²) >= 11 is 1.73. The van der Waals surface area contributed by atoms with Gasteiger partial charge in [0.1, 0.15) is 6.17 Å². The first-order chi connectivity index (χ1) is 16.1. The van der Waals surface area contributed by atoms with Crippen molar-refractivity contribution in [2.24, 2.45) is 15.7 Å². The molecule has 6 N–H and O–H groups in total. The van der Waals surface area contributed by atoms with E-state index >= 15 is 0 Å². The number of dihydropyridines is 1. The molecule has 1 amide bonds. The summed E-state index contributed by atoms with van der Waals surface area (Å²) in [7, 11) is 0. The third-order valence-corrected chi connectivity index (χ3v) is 6.79. The van der Waals surface area contributed by atoms with E-state index < -0.39 is 6.23 Å². The number of allylic oxidation sites excluding steroid dienone is 1. The largest absolute Gasteiger partial charge is 0.387 e. The van der Waals surface area contributed by atoms with Crippen LogP contribution in [0.5, 0.6) is 0 Å². The first-order valence-corrected chi connectivity index (χ1v) is 12.4. The lowest BCUT2D eigenvalue weighted by Gasteiger charge is -2.18. The van der Waals surface area contributed by atoms with Gasteiger partial charge < -0.3 is 11.1 Å². The maximum Gasteiger partial charge on any atom is 0.240 e. The standard InChI is InChI=1S/C23H34N6O3S/c1-2-22-28-18(15-33-22)23(30)29-21(32-31)14-16-8-10-17(11-9-16)27-19(24)6-5-13-26-20-7-3-4-12-25-20/h3,7-12,18,20-22,26,28,31H,2,4-6,13-15H2,1H3,(H2,24,27)(H,29,30). The van der Waals surface area contributed by atoms with Gasteiger partial charge in [0.2, 0.25) is 5.91 Å². The van der Waals surface area contributed by atoms with E-state index in [1.807, 2.05) is 30.5 Å². The number of amides is 1. The molecule has 1 saturated heterocycles. The smallest absolute Gasteiger partial charge is 0.240 e. The van der Waals surface area contributed by atoms with Crippen molar-refractivity contribution in [2.45, 2.75) is 62.8 Å². The summed E-state index contributed by atoms with van der Waals surface area (Å²) in [5.74, 6) is 1.11. The lowest BCUT2D eigenvalue weighted by atomic mass is 10.1. The molecule has 3 rings (SSSR count). The molecule has 0 radical (unpaired) electrons. The van der Waals surface area contributed by atoms with Crippen LogP contribution in [-0.2, 0) is 16.1 Å². The Labute approximate surface area is 199 Å². The molecule has 180 valence electrons. The van der Waals surface area contributed by atoms with E-state index in [9.17, 15) is 10.1 Å². The SMILES string of the molecule is CCC1NC(C(=O)NC(Cc2ccc(N=C(N)CCCNC3C=CCC=N3)cc2)OO)CS1. The number of nitrogens with two attached hydrogens (primary N) is 1. The Morgan fingerprint density at radius 3 is 2.91 bits per heavy atom. The van der Waals surface area contributed by atoms with Crippen LogP contribution in [0.4, 0.5) is 5.69 Å². The number of aliphatic imine (C=N–C) groups is 2. The zero-order chi connectivity index (χ0) is 23.5. The number of rotatable bonds is 12. The lowest BCUT2D eigenvalue weighted by Crippen LogP contribution is -2.48. The molecule has 0 saturated carbocycles. The van der Waals surface area contributed by atoms with Gasteiger partial charge in [-0.05, 0) is 43.2 Å². The van der Waals surface area contributed by atoms with E-state index in [0.29, 0.717) is 24.4 Å². The molecule has 1 fully saturated rings. The van der Waals surface area contributed by atoms with Crippen LogP contribution in [0.1, 0.15) is 38.2 Å². The van der Waals surface area contributed by atoms with Crippen LogP contribution in [0.15, 0.2) is 46.4 Å².